The molecule has 0 unspecified atom stereocenters. The third kappa shape index (κ3) is 3.55. The lowest BCUT2D eigenvalue weighted by atomic mass is 10.1. The van der Waals surface area contributed by atoms with Gasteiger partial charge in [-0.2, -0.15) is 0 Å². The zero-order valence-electron chi connectivity index (χ0n) is 12.8. The topological polar surface area (TPSA) is 36.4 Å². The normalized spacial score (nSPS) is 20.2. The van der Waals surface area contributed by atoms with Gasteiger partial charge in [-0.15, -0.1) is 0 Å². The molecule has 2 aliphatic heterocycles. The first-order chi connectivity index (χ1) is 10.3. The van der Waals surface area contributed by atoms with E-state index in [0.717, 1.165) is 44.7 Å². The number of anilines is 1. The monoisotopic (exact) mass is 287 g/mol. The summed E-state index contributed by atoms with van der Waals surface area (Å²) < 4.78 is 0. The number of pyridine rings is 1. The zero-order valence-corrected chi connectivity index (χ0v) is 12.8. The van der Waals surface area contributed by atoms with Crippen LogP contribution < -0.4 is 4.90 Å². The molecule has 2 fully saturated rings. The van der Waals surface area contributed by atoms with Crippen molar-refractivity contribution >= 4 is 11.6 Å². The van der Waals surface area contributed by atoms with E-state index in [-0.39, 0.29) is 5.91 Å². The first-order valence-electron chi connectivity index (χ1n) is 8.35. The summed E-state index contributed by atoms with van der Waals surface area (Å²) in [5, 5.41) is 0. The third-order valence-electron chi connectivity index (χ3n) is 4.58. The SMILES string of the molecule is O=C(c1cc(N2CCCCC2)ccn1)N1CCCCCC1. The summed E-state index contributed by atoms with van der Waals surface area (Å²) in [5.41, 5.74) is 1.77. The van der Waals surface area contributed by atoms with Gasteiger partial charge < -0.3 is 9.80 Å². The van der Waals surface area contributed by atoms with E-state index in [1.807, 2.05) is 17.0 Å². The fraction of sp³-hybridized carbons (Fsp3) is 0.647. The van der Waals surface area contributed by atoms with Crippen LogP contribution in [0, 0.1) is 0 Å². The Hall–Kier alpha value is -1.58. The molecule has 0 spiro atoms. The van der Waals surface area contributed by atoms with Crippen molar-refractivity contribution in [1.82, 2.24) is 9.88 Å². The molecule has 0 aromatic carbocycles. The highest BCUT2D eigenvalue weighted by Gasteiger charge is 2.20. The van der Waals surface area contributed by atoms with Crippen molar-refractivity contribution in [3.05, 3.63) is 24.0 Å². The van der Waals surface area contributed by atoms with E-state index in [4.69, 9.17) is 0 Å². The smallest absolute Gasteiger partial charge is 0.272 e. The number of amides is 1. The van der Waals surface area contributed by atoms with Crippen LogP contribution in [-0.4, -0.2) is 42.0 Å². The minimum Gasteiger partial charge on any atom is -0.371 e. The van der Waals surface area contributed by atoms with Gasteiger partial charge in [0.2, 0.25) is 0 Å². The number of nitrogens with zero attached hydrogens (tertiary/aromatic N) is 3. The van der Waals surface area contributed by atoms with Gasteiger partial charge >= 0.3 is 0 Å². The quantitative estimate of drug-likeness (QED) is 0.838. The Morgan fingerprint density at radius 3 is 2.24 bits per heavy atom. The van der Waals surface area contributed by atoms with Crippen LogP contribution >= 0.6 is 0 Å². The highest BCUT2D eigenvalue weighted by atomic mass is 16.2. The van der Waals surface area contributed by atoms with Crippen molar-refractivity contribution in [3.8, 4) is 0 Å². The van der Waals surface area contributed by atoms with Crippen molar-refractivity contribution in [3.63, 3.8) is 0 Å². The Morgan fingerprint density at radius 1 is 0.905 bits per heavy atom. The summed E-state index contributed by atoms with van der Waals surface area (Å²) in [6, 6.07) is 4.02. The molecule has 4 heteroatoms. The number of rotatable bonds is 2. The molecule has 0 N–H and O–H groups in total. The minimum atomic E-state index is 0.107. The molecule has 0 bridgehead atoms. The van der Waals surface area contributed by atoms with Gasteiger partial charge in [-0.3, -0.25) is 9.78 Å². The average Bonchev–Trinajstić information content (AvgIpc) is 2.84. The van der Waals surface area contributed by atoms with E-state index < -0.39 is 0 Å². The van der Waals surface area contributed by atoms with E-state index in [2.05, 4.69) is 9.88 Å². The van der Waals surface area contributed by atoms with Crippen LogP contribution in [0.2, 0.25) is 0 Å². The van der Waals surface area contributed by atoms with Crippen LogP contribution in [0.15, 0.2) is 18.3 Å². The third-order valence-corrected chi connectivity index (χ3v) is 4.58. The van der Waals surface area contributed by atoms with E-state index >= 15 is 0 Å². The maximum absolute atomic E-state index is 12.6. The van der Waals surface area contributed by atoms with Crippen molar-refractivity contribution < 1.29 is 4.79 Å². The molecular formula is C17H25N3O. The predicted molar refractivity (Wildman–Crippen MR) is 84.7 cm³/mol. The first kappa shape index (κ1) is 14.4. The van der Waals surface area contributed by atoms with Crippen molar-refractivity contribution in [2.24, 2.45) is 0 Å². The van der Waals surface area contributed by atoms with Crippen molar-refractivity contribution in [1.29, 1.82) is 0 Å². The Bertz CT molecular complexity index is 475. The number of hydrogen-bond acceptors (Lipinski definition) is 3. The second-order valence-electron chi connectivity index (χ2n) is 6.15. The summed E-state index contributed by atoms with van der Waals surface area (Å²) in [6.07, 6.45) is 10.3. The Morgan fingerprint density at radius 2 is 1.52 bits per heavy atom. The molecule has 21 heavy (non-hydrogen) atoms. The molecule has 0 atom stereocenters. The molecule has 3 rings (SSSR count). The van der Waals surface area contributed by atoms with Gasteiger partial charge in [0, 0.05) is 38.1 Å². The molecule has 0 saturated carbocycles. The second kappa shape index (κ2) is 6.92. The van der Waals surface area contributed by atoms with E-state index in [1.54, 1.807) is 6.20 Å². The highest BCUT2D eigenvalue weighted by molar-refractivity contribution is 5.93. The van der Waals surface area contributed by atoms with E-state index in [0.29, 0.717) is 5.69 Å². The van der Waals surface area contributed by atoms with Gasteiger partial charge in [0.25, 0.3) is 5.91 Å². The van der Waals surface area contributed by atoms with Crippen LogP contribution in [0.25, 0.3) is 0 Å². The zero-order chi connectivity index (χ0) is 14.5. The summed E-state index contributed by atoms with van der Waals surface area (Å²) in [7, 11) is 0. The molecule has 0 aliphatic carbocycles. The molecule has 2 saturated heterocycles. The lowest BCUT2D eigenvalue weighted by molar-refractivity contribution is 0.0756. The summed E-state index contributed by atoms with van der Waals surface area (Å²) >= 11 is 0. The van der Waals surface area contributed by atoms with Crippen molar-refractivity contribution in [2.75, 3.05) is 31.1 Å². The van der Waals surface area contributed by atoms with E-state index in [1.165, 1.54) is 32.1 Å². The summed E-state index contributed by atoms with van der Waals surface area (Å²) in [4.78, 5) is 21.3. The second-order valence-corrected chi connectivity index (χ2v) is 6.15. The molecule has 3 heterocycles. The molecule has 1 amide bonds. The van der Waals surface area contributed by atoms with Crippen LogP contribution in [-0.2, 0) is 0 Å². The van der Waals surface area contributed by atoms with Gasteiger partial charge in [-0.25, -0.2) is 0 Å². The Balaban J connectivity index is 1.73. The van der Waals surface area contributed by atoms with Crippen LogP contribution in [0.1, 0.15) is 55.4 Å². The number of piperidine rings is 1. The maximum atomic E-state index is 12.6. The van der Waals surface area contributed by atoms with Gasteiger partial charge in [-0.05, 0) is 44.2 Å². The average molecular weight is 287 g/mol. The predicted octanol–water partition coefficient (Wildman–Crippen LogP) is 3.09. The van der Waals surface area contributed by atoms with Crippen LogP contribution in [0.3, 0.4) is 0 Å². The maximum Gasteiger partial charge on any atom is 0.272 e. The highest BCUT2D eigenvalue weighted by Crippen LogP contribution is 2.21. The van der Waals surface area contributed by atoms with E-state index in [9.17, 15) is 4.79 Å². The van der Waals surface area contributed by atoms with Gasteiger partial charge in [-0.1, -0.05) is 12.8 Å². The molecular weight excluding hydrogens is 262 g/mol. The standard InChI is InChI=1S/C17H25N3O/c21-17(20-12-4-1-2-5-13-20)16-14-15(8-9-18-16)19-10-6-3-7-11-19/h8-9,14H,1-7,10-13H2. The van der Waals surface area contributed by atoms with Gasteiger partial charge in [0.05, 0.1) is 0 Å². The lowest BCUT2D eigenvalue weighted by Crippen LogP contribution is -2.33. The summed E-state index contributed by atoms with van der Waals surface area (Å²) in [5.74, 6) is 0.107. The number of hydrogen-bond donors (Lipinski definition) is 0. The molecule has 0 radical (unpaired) electrons. The molecule has 1 aromatic rings. The largest absolute Gasteiger partial charge is 0.371 e. The van der Waals surface area contributed by atoms with Gasteiger partial charge in [0.1, 0.15) is 5.69 Å². The first-order valence-corrected chi connectivity index (χ1v) is 8.35. The van der Waals surface area contributed by atoms with Crippen molar-refractivity contribution in [2.45, 2.75) is 44.9 Å². The Kier molecular flexibility index (Phi) is 4.73. The van der Waals surface area contributed by atoms with Crippen LogP contribution in [0.5, 0.6) is 0 Å². The fourth-order valence-corrected chi connectivity index (χ4v) is 3.32. The fourth-order valence-electron chi connectivity index (χ4n) is 3.32. The van der Waals surface area contributed by atoms with Crippen LogP contribution in [0.4, 0.5) is 5.69 Å². The number of likely N-dealkylation sites (tertiary alicyclic amines) is 1. The van der Waals surface area contributed by atoms with Gasteiger partial charge in [0.15, 0.2) is 0 Å². The summed E-state index contributed by atoms with van der Waals surface area (Å²) in [6.45, 7) is 3.96. The lowest BCUT2D eigenvalue weighted by Gasteiger charge is -2.29. The molecule has 1 aromatic heterocycles. The Labute approximate surface area is 127 Å². The number of aromatic nitrogens is 1. The minimum absolute atomic E-state index is 0.107. The molecule has 4 nitrogen and oxygen atoms in total. The number of carbonyl (C=O) groups is 1. The molecule has 114 valence electrons. The molecule has 2 aliphatic rings. The number of carbonyl (C=O) groups excluding carboxylic acids is 1.